The second kappa shape index (κ2) is 9.57. The zero-order valence-corrected chi connectivity index (χ0v) is 18.3. The van der Waals surface area contributed by atoms with E-state index in [9.17, 15) is 17.6 Å². The zero-order chi connectivity index (χ0) is 20.9. The van der Waals surface area contributed by atoms with Crippen LogP contribution in [-0.4, -0.2) is 32.4 Å². The van der Waals surface area contributed by atoms with Gasteiger partial charge in [0.15, 0.2) is 5.03 Å². The molecule has 0 aliphatic carbocycles. The first-order valence-corrected chi connectivity index (χ1v) is 11.7. The van der Waals surface area contributed by atoms with Crippen molar-refractivity contribution in [3.05, 3.63) is 69.8 Å². The van der Waals surface area contributed by atoms with Crippen LogP contribution in [0.5, 0.6) is 0 Å². The maximum absolute atomic E-state index is 13.1. The average Bonchev–Trinajstić information content (AvgIpc) is 3.17. The Labute approximate surface area is 180 Å². The maximum atomic E-state index is 13.1. The van der Waals surface area contributed by atoms with E-state index in [2.05, 4.69) is 31.0 Å². The van der Waals surface area contributed by atoms with Crippen molar-refractivity contribution < 1.29 is 17.6 Å². The van der Waals surface area contributed by atoms with Gasteiger partial charge in [-0.15, -0.1) is 11.3 Å². The van der Waals surface area contributed by atoms with Crippen LogP contribution < -0.4 is 10.0 Å². The lowest BCUT2D eigenvalue weighted by atomic mass is 10.1. The lowest BCUT2D eigenvalue weighted by Crippen LogP contribution is -2.35. The predicted molar refractivity (Wildman–Crippen MR) is 114 cm³/mol. The standard InChI is InChI=1S/C19H17BrFN3O3S2/c20-15-6-4-14(5-7-15)19-24-18(12-28-19)29(26,27)23-9-8-22-17(25)11-13-2-1-3-16(21)10-13/h1-7,10,12,23H,8-9,11H2,(H,22,25). The third-order valence-corrected chi connectivity index (χ3v) is 6.76. The second-order valence-electron chi connectivity index (χ2n) is 6.05. The largest absolute Gasteiger partial charge is 0.355 e. The molecule has 0 saturated heterocycles. The third-order valence-electron chi connectivity index (χ3n) is 3.84. The molecule has 152 valence electrons. The van der Waals surface area contributed by atoms with E-state index in [-0.39, 0.29) is 30.4 Å². The summed E-state index contributed by atoms with van der Waals surface area (Å²) in [5.74, 6) is -0.727. The topological polar surface area (TPSA) is 88.2 Å². The molecule has 2 aromatic carbocycles. The number of aromatic nitrogens is 1. The van der Waals surface area contributed by atoms with Crippen LogP contribution in [0.1, 0.15) is 5.56 Å². The molecule has 3 rings (SSSR count). The number of nitrogens with one attached hydrogen (secondary N) is 2. The number of hydrogen-bond acceptors (Lipinski definition) is 5. The van der Waals surface area contributed by atoms with Crippen LogP contribution in [0.2, 0.25) is 0 Å². The summed E-state index contributed by atoms with van der Waals surface area (Å²) in [5, 5.41) is 4.61. The van der Waals surface area contributed by atoms with Gasteiger partial charge in [-0.3, -0.25) is 4.79 Å². The van der Waals surface area contributed by atoms with Crippen molar-refractivity contribution in [3.8, 4) is 10.6 Å². The minimum atomic E-state index is -3.78. The Morgan fingerprint density at radius 2 is 1.90 bits per heavy atom. The molecule has 0 saturated carbocycles. The van der Waals surface area contributed by atoms with Crippen LogP contribution >= 0.6 is 27.3 Å². The number of carbonyl (C=O) groups is 1. The number of benzene rings is 2. The molecule has 0 bridgehead atoms. The van der Waals surface area contributed by atoms with Crippen LogP contribution in [0.15, 0.2) is 63.4 Å². The van der Waals surface area contributed by atoms with Gasteiger partial charge in [0.1, 0.15) is 10.8 Å². The van der Waals surface area contributed by atoms with E-state index in [1.165, 1.54) is 34.9 Å². The molecular formula is C19H17BrFN3O3S2. The number of halogens is 2. The average molecular weight is 498 g/mol. The van der Waals surface area contributed by atoms with Crippen molar-refractivity contribution in [1.29, 1.82) is 0 Å². The van der Waals surface area contributed by atoms with Crippen LogP contribution in [-0.2, 0) is 21.2 Å². The molecule has 29 heavy (non-hydrogen) atoms. The summed E-state index contributed by atoms with van der Waals surface area (Å²) in [5.41, 5.74) is 1.37. The van der Waals surface area contributed by atoms with Gasteiger partial charge in [0.2, 0.25) is 5.91 Å². The Kier molecular flexibility index (Phi) is 7.12. The summed E-state index contributed by atoms with van der Waals surface area (Å²) in [6.07, 6.45) is 0.0210. The van der Waals surface area contributed by atoms with Crippen molar-refractivity contribution in [2.75, 3.05) is 13.1 Å². The Morgan fingerprint density at radius 3 is 2.62 bits per heavy atom. The van der Waals surface area contributed by atoms with Gasteiger partial charge in [0.25, 0.3) is 10.0 Å². The maximum Gasteiger partial charge on any atom is 0.258 e. The highest BCUT2D eigenvalue weighted by molar-refractivity contribution is 9.10. The lowest BCUT2D eigenvalue weighted by Gasteiger charge is -2.07. The Hall–Kier alpha value is -2.14. The van der Waals surface area contributed by atoms with Crippen molar-refractivity contribution >= 4 is 43.2 Å². The molecule has 0 fully saturated rings. The van der Waals surface area contributed by atoms with E-state index in [1.54, 1.807) is 6.07 Å². The van der Waals surface area contributed by atoms with Gasteiger partial charge in [-0.25, -0.2) is 22.5 Å². The normalized spacial score (nSPS) is 11.4. The fourth-order valence-corrected chi connectivity index (χ4v) is 4.86. The minimum absolute atomic E-state index is 0.0162. The molecule has 10 heteroatoms. The summed E-state index contributed by atoms with van der Waals surface area (Å²) in [6, 6.07) is 13.2. The summed E-state index contributed by atoms with van der Waals surface area (Å²) in [7, 11) is -3.78. The van der Waals surface area contributed by atoms with Gasteiger partial charge in [0.05, 0.1) is 6.42 Å². The van der Waals surface area contributed by atoms with E-state index >= 15 is 0 Å². The van der Waals surface area contributed by atoms with Crippen molar-refractivity contribution in [3.63, 3.8) is 0 Å². The van der Waals surface area contributed by atoms with Crippen molar-refractivity contribution in [2.45, 2.75) is 11.4 Å². The SMILES string of the molecule is O=C(Cc1cccc(F)c1)NCCNS(=O)(=O)c1csc(-c2ccc(Br)cc2)n1. The van der Waals surface area contributed by atoms with E-state index in [1.807, 2.05) is 24.3 Å². The number of nitrogens with zero attached hydrogens (tertiary/aromatic N) is 1. The van der Waals surface area contributed by atoms with Gasteiger partial charge in [-0.2, -0.15) is 0 Å². The first kappa shape index (κ1) is 21.6. The Balaban J connectivity index is 1.50. The molecule has 0 aliphatic rings. The van der Waals surface area contributed by atoms with Gasteiger partial charge < -0.3 is 5.32 Å². The molecule has 0 unspecified atom stereocenters. The van der Waals surface area contributed by atoms with E-state index in [4.69, 9.17) is 0 Å². The summed E-state index contributed by atoms with van der Waals surface area (Å²) < 4.78 is 41.2. The molecule has 1 amide bonds. The molecule has 1 aromatic heterocycles. The number of amides is 1. The molecule has 0 aliphatic heterocycles. The summed E-state index contributed by atoms with van der Waals surface area (Å²) >= 11 is 4.59. The number of rotatable bonds is 8. The lowest BCUT2D eigenvalue weighted by molar-refractivity contribution is -0.120. The minimum Gasteiger partial charge on any atom is -0.355 e. The van der Waals surface area contributed by atoms with Crippen LogP contribution in [0.25, 0.3) is 10.6 Å². The van der Waals surface area contributed by atoms with Crippen LogP contribution in [0, 0.1) is 5.82 Å². The van der Waals surface area contributed by atoms with Crippen molar-refractivity contribution in [2.24, 2.45) is 0 Å². The van der Waals surface area contributed by atoms with Gasteiger partial charge in [0, 0.05) is 28.5 Å². The number of thiazole rings is 1. The molecular weight excluding hydrogens is 481 g/mol. The van der Waals surface area contributed by atoms with Crippen molar-refractivity contribution in [1.82, 2.24) is 15.0 Å². The van der Waals surface area contributed by atoms with Gasteiger partial charge in [-0.1, -0.05) is 40.2 Å². The number of sulfonamides is 1. The zero-order valence-electron chi connectivity index (χ0n) is 15.1. The summed E-state index contributed by atoms with van der Waals surface area (Å²) in [6.45, 7) is 0.124. The molecule has 3 aromatic rings. The molecule has 1 heterocycles. The monoisotopic (exact) mass is 497 g/mol. The van der Waals surface area contributed by atoms with E-state index < -0.39 is 15.8 Å². The molecule has 0 radical (unpaired) electrons. The summed E-state index contributed by atoms with van der Waals surface area (Å²) in [4.78, 5) is 16.1. The highest BCUT2D eigenvalue weighted by Gasteiger charge is 2.18. The Bertz CT molecular complexity index is 1100. The highest BCUT2D eigenvalue weighted by Crippen LogP contribution is 2.26. The first-order chi connectivity index (χ1) is 13.8. The quantitative estimate of drug-likeness (QED) is 0.467. The molecule has 0 spiro atoms. The van der Waals surface area contributed by atoms with Gasteiger partial charge in [-0.05, 0) is 29.8 Å². The molecule has 6 nitrogen and oxygen atoms in total. The van der Waals surface area contributed by atoms with E-state index in [0.717, 1.165) is 10.0 Å². The fourth-order valence-electron chi connectivity index (χ4n) is 2.46. The predicted octanol–water partition coefficient (Wildman–Crippen LogP) is 3.35. The Morgan fingerprint density at radius 1 is 1.14 bits per heavy atom. The smallest absolute Gasteiger partial charge is 0.258 e. The second-order valence-corrected chi connectivity index (χ2v) is 9.54. The fraction of sp³-hybridized carbons (Fsp3) is 0.158. The molecule has 0 atom stereocenters. The van der Waals surface area contributed by atoms with E-state index in [0.29, 0.717) is 10.6 Å². The van der Waals surface area contributed by atoms with Crippen LogP contribution in [0.3, 0.4) is 0 Å². The number of carbonyl (C=O) groups excluding carboxylic acids is 1. The first-order valence-electron chi connectivity index (χ1n) is 8.56. The van der Waals surface area contributed by atoms with Gasteiger partial charge >= 0.3 is 0 Å². The van der Waals surface area contributed by atoms with Crippen LogP contribution in [0.4, 0.5) is 4.39 Å². The highest BCUT2D eigenvalue weighted by atomic mass is 79.9. The molecule has 2 N–H and O–H groups in total. The third kappa shape index (κ3) is 6.17. The number of hydrogen-bond donors (Lipinski definition) is 2.